The molecule has 3 amide bonds. The van der Waals surface area contributed by atoms with E-state index in [1.54, 1.807) is 24.5 Å². The van der Waals surface area contributed by atoms with Crippen molar-refractivity contribution >= 4 is 11.9 Å². The molecule has 2 saturated carbocycles. The first-order valence-electron chi connectivity index (χ1n) is 12.6. The van der Waals surface area contributed by atoms with E-state index in [2.05, 4.69) is 48.3 Å². The van der Waals surface area contributed by atoms with Gasteiger partial charge in [0, 0.05) is 56.7 Å². The summed E-state index contributed by atoms with van der Waals surface area (Å²) >= 11 is 0. The van der Waals surface area contributed by atoms with Crippen LogP contribution in [0, 0.1) is 22.7 Å². The van der Waals surface area contributed by atoms with Crippen molar-refractivity contribution in [1.29, 1.82) is 0 Å². The van der Waals surface area contributed by atoms with E-state index in [0.29, 0.717) is 23.9 Å². The van der Waals surface area contributed by atoms with Crippen molar-refractivity contribution in [3.8, 4) is 0 Å². The smallest absolute Gasteiger partial charge is 0.317 e. The van der Waals surface area contributed by atoms with Crippen LogP contribution in [0.25, 0.3) is 0 Å². The Balaban J connectivity index is 1.47. The second kappa shape index (κ2) is 9.61. The fourth-order valence-corrected chi connectivity index (χ4v) is 6.77. The van der Waals surface area contributed by atoms with Crippen molar-refractivity contribution in [2.45, 2.75) is 58.9 Å². The average Bonchev–Trinajstić information content (AvgIpc) is 2.79. The minimum Gasteiger partial charge on any atom is -0.352 e. The molecule has 0 bridgehead atoms. The van der Waals surface area contributed by atoms with E-state index in [1.165, 1.54) is 19.3 Å². The van der Waals surface area contributed by atoms with Crippen LogP contribution in [0.5, 0.6) is 0 Å². The number of carbonyl (C=O) groups excluding carboxylic acids is 2. The summed E-state index contributed by atoms with van der Waals surface area (Å²) in [4.78, 5) is 34.0. The highest BCUT2D eigenvalue weighted by molar-refractivity contribution is 5.93. The molecule has 2 heterocycles. The monoisotopic (exact) mass is 455 g/mol. The van der Waals surface area contributed by atoms with Crippen molar-refractivity contribution < 1.29 is 9.59 Å². The number of hydrogen-bond donors (Lipinski definition) is 2. The molecule has 1 saturated heterocycles. The predicted molar refractivity (Wildman–Crippen MR) is 130 cm³/mol. The Morgan fingerprint density at radius 3 is 2.45 bits per heavy atom. The number of piperazine rings is 1. The molecule has 7 nitrogen and oxygen atoms in total. The van der Waals surface area contributed by atoms with Gasteiger partial charge in [-0.1, -0.05) is 27.2 Å². The lowest BCUT2D eigenvalue weighted by molar-refractivity contribution is -0.0800. The van der Waals surface area contributed by atoms with Gasteiger partial charge in [-0.2, -0.15) is 0 Å². The Hall–Kier alpha value is -2.15. The molecular formula is C26H41N5O2. The van der Waals surface area contributed by atoms with Crippen molar-refractivity contribution in [3.05, 3.63) is 30.1 Å². The van der Waals surface area contributed by atoms with Crippen molar-refractivity contribution in [2.24, 2.45) is 22.7 Å². The molecule has 3 aliphatic rings. The minimum atomic E-state index is -0.0452. The first-order valence-corrected chi connectivity index (χ1v) is 12.6. The van der Waals surface area contributed by atoms with Gasteiger partial charge in [0.05, 0.1) is 0 Å². The van der Waals surface area contributed by atoms with Crippen LogP contribution in [0.2, 0.25) is 0 Å². The molecule has 7 heteroatoms. The maximum atomic E-state index is 13.1. The van der Waals surface area contributed by atoms with Gasteiger partial charge in [-0.15, -0.1) is 0 Å². The van der Waals surface area contributed by atoms with Crippen LogP contribution >= 0.6 is 0 Å². The summed E-state index contributed by atoms with van der Waals surface area (Å²) in [5.74, 6) is 0.809. The molecule has 4 atom stereocenters. The second-order valence-electron chi connectivity index (χ2n) is 11.5. The van der Waals surface area contributed by atoms with Gasteiger partial charge in [0.1, 0.15) is 0 Å². The SMILES string of the molecule is CN1CCN(C(=O)N[C@H]2CC(CNC(=O)c3ccncc3)[C@@]3(C)CCCC(C)(C)C3C2)CC1. The van der Waals surface area contributed by atoms with E-state index in [4.69, 9.17) is 0 Å². The lowest BCUT2D eigenvalue weighted by atomic mass is 9.47. The summed E-state index contributed by atoms with van der Waals surface area (Å²) in [6.07, 6.45) is 8.89. The highest BCUT2D eigenvalue weighted by Crippen LogP contribution is 2.59. The van der Waals surface area contributed by atoms with E-state index in [1.807, 2.05) is 4.90 Å². The van der Waals surface area contributed by atoms with E-state index in [0.717, 1.165) is 39.0 Å². The van der Waals surface area contributed by atoms with Crippen LogP contribution in [0.4, 0.5) is 4.79 Å². The second-order valence-corrected chi connectivity index (χ2v) is 11.5. The van der Waals surface area contributed by atoms with Crippen molar-refractivity contribution in [3.63, 3.8) is 0 Å². The number of aromatic nitrogens is 1. The highest BCUT2D eigenvalue weighted by atomic mass is 16.2. The maximum Gasteiger partial charge on any atom is 0.317 e. The summed E-state index contributed by atoms with van der Waals surface area (Å²) < 4.78 is 0. The fraction of sp³-hybridized carbons (Fsp3) is 0.731. The van der Waals surface area contributed by atoms with Crippen LogP contribution in [-0.2, 0) is 0 Å². The van der Waals surface area contributed by atoms with Gasteiger partial charge in [0.15, 0.2) is 0 Å². The van der Waals surface area contributed by atoms with Crippen LogP contribution in [0.1, 0.15) is 63.2 Å². The summed E-state index contributed by atoms with van der Waals surface area (Å²) in [5.41, 5.74) is 1.05. The topological polar surface area (TPSA) is 77.6 Å². The van der Waals surface area contributed by atoms with Gasteiger partial charge in [-0.25, -0.2) is 4.79 Å². The van der Waals surface area contributed by atoms with Gasteiger partial charge in [-0.05, 0) is 67.5 Å². The number of nitrogens with zero attached hydrogens (tertiary/aromatic N) is 3. The third-order valence-electron chi connectivity index (χ3n) is 8.87. The molecule has 33 heavy (non-hydrogen) atoms. The zero-order valence-electron chi connectivity index (χ0n) is 20.8. The Morgan fingerprint density at radius 1 is 1.06 bits per heavy atom. The van der Waals surface area contributed by atoms with Crippen LogP contribution < -0.4 is 10.6 Å². The first-order chi connectivity index (χ1) is 15.7. The summed E-state index contributed by atoms with van der Waals surface area (Å²) in [7, 11) is 2.10. The van der Waals surface area contributed by atoms with Gasteiger partial charge in [-0.3, -0.25) is 9.78 Å². The van der Waals surface area contributed by atoms with Crippen molar-refractivity contribution in [1.82, 2.24) is 25.4 Å². The van der Waals surface area contributed by atoms with Gasteiger partial charge >= 0.3 is 6.03 Å². The number of nitrogens with one attached hydrogen (secondary N) is 2. The number of urea groups is 1. The molecule has 2 aliphatic carbocycles. The molecule has 4 rings (SSSR count). The lowest BCUT2D eigenvalue weighted by Crippen LogP contribution is -2.59. The summed E-state index contributed by atoms with van der Waals surface area (Å²) in [5, 5.41) is 6.59. The Kier molecular flexibility index (Phi) is 6.99. The molecule has 2 N–H and O–H groups in total. The average molecular weight is 456 g/mol. The molecule has 2 unspecified atom stereocenters. The number of hydrogen-bond acceptors (Lipinski definition) is 4. The molecule has 1 aromatic rings. The summed E-state index contributed by atoms with van der Waals surface area (Å²) in [6, 6.07) is 3.73. The number of rotatable bonds is 4. The lowest BCUT2D eigenvalue weighted by Gasteiger charge is -2.59. The van der Waals surface area contributed by atoms with Crippen LogP contribution in [0.15, 0.2) is 24.5 Å². The third-order valence-corrected chi connectivity index (χ3v) is 8.87. The first kappa shape index (κ1) is 24.0. The maximum absolute atomic E-state index is 13.1. The van der Waals surface area contributed by atoms with E-state index in [9.17, 15) is 9.59 Å². The number of likely N-dealkylation sites (N-methyl/N-ethyl adjacent to an activating group) is 1. The minimum absolute atomic E-state index is 0.0452. The zero-order chi connectivity index (χ0) is 23.6. The molecule has 0 spiro atoms. The van der Waals surface area contributed by atoms with Crippen molar-refractivity contribution in [2.75, 3.05) is 39.8 Å². The largest absolute Gasteiger partial charge is 0.352 e. The third kappa shape index (κ3) is 5.18. The predicted octanol–water partition coefficient (Wildman–Crippen LogP) is 3.38. The van der Waals surface area contributed by atoms with Gasteiger partial charge in [0.25, 0.3) is 5.91 Å². The molecule has 0 radical (unpaired) electrons. The molecular weight excluding hydrogens is 414 g/mol. The number of carbonyl (C=O) groups is 2. The van der Waals surface area contributed by atoms with E-state index in [-0.39, 0.29) is 28.8 Å². The normalized spacial score (nSPS) is 32.0. The molecule has 1 aromatic heterocycles. The van der Waals surface area contributed by atoms with E-state index >= 15 is 0 Å². The molecule has 3 fully saturated rings. The standard InChI is InChI=1S/C26H41N5O2/c1-25(2)8-5-9-26(3)20(18-28-23(32)19-6-10-27-11-7-19)16-21(17-22(25)26)29-24(33)31-14-12-30(4)13-15-31/h6-7,10-11,20-22H,5,8-9,12-18H2,1-4H3,(H,28,32)(H,29,33)/t20?,21-,22?,26+/m0/s1. The Bertz CT molecular complexity index is 836. The quantitative estimate of drug-likeness (QED) is 0.730. The summed E-state index contributed by atoms with van der Waals surface area (Å²) in [6.45, 7) is 11.3. The molecule has 0 aromatic carbocycles. The fourth-order valence-electron chi connectivity index (χ4n) is 6.77. The highest BCUT2D eigenvalue weighted by Gasteiger charge is 2.54. The number of amides is 3. The Labute approximate surface area is 198 Å². The molecule has 182 valence electrons. The number of fused-ring (bicyclic) bond motifs is 1. The molecule has 1 aliphatic heterocycles. The van der Waals surface area contributed by atoms with Gasteiger partial charge < -0.3 is 20.4 Å². The van der Waals surface area contributed by atoms with E-state index < -0.39 is 0 Å². The van der Waals surface area contributed by atoms with Crippen LogP contribution in [-0.4, -0.2) is 72.5 Å². The zero-order valence-corrected chi connectivity index (χ0v) is 20.8. The number of pyridine rings is 1. The van der Waals surface area contributed by atoms with Crippen LogP contribution in [0.3, 0.4) is 0 Å². The Morgan fingerprint density at radius 2 is 1.76 bits per heavy atom. The van der Waals surface area contributed by atoms with Gasteiger partial charge in [0.2, 0.25) is 0 Å².